The zero-order valence-electron chi connectivity index (χ0n) is 12.3. The van der Waals surface area contributed by atoms with E-state index in [0.717, 1.165) is 25.5 Å². The topological polar surface area (TPSA) is 50.4 Å². The molecule has 21 heavy (non-hydrogen) atoms. The van der Waals surface area contributed by atoms with Gasteiger partial charge in [-0.25, -0.2) is 8.78 Å². The first-order valence-corrected chi connectivity index (χ1v) is 6.92. The molecule has 0 bridgehead atoms. The van der Waals surface area contributed by atoms with Crippen LogP contribution in [0.25, 0.3) is 0 Å². The molecule has 2 rings (SSSR count). The van der Waals surface area contributed by atoms with Gasteiger partial charge in [-0.2, -0.15) is 0 Å². The Labute approximate surface area is 141 Å². The van der Waals surface area contributed by atoms with Gasteiger partial charge in [0.05, 0.1) is 6.54 Å². The molecule has 3 N–H and O–H groups in total. The van der Waals surface area contributed by atoms with Gasteiger partial charge < -0.3 is 11.1 Å². The Morgan fingerprint density at radius 1 is 1.38 bits per heavy atom. The fraction of sp³-hybridized carbons (Fsp3) is 0.533. The van der Waals surface area contributed by atoms with E-state index in [4.69, 9.17) is 5.73 Å². The monoisotopic (exact) mass is 409 g/mol. The predicted molar refractivity (Wildman–Crippen MR) is 92.0 cm³/mol. The highest BCUT2D eigenvalue weighted by Crippen LogP contribution is 2.49. The number of guanidine groups is 1. The van der Waals surface area contributed by atoms with Crippen molar-refractivity contribution in [3.05, 3.63) is 35.4 Å². The van der Waals surface area contributed by atoms with Crippen LogP contribution in [0.2, 0.25) is 0 Å². The molecule has 0 aromatic heterocycles. The van der Waals surface area contributed by atoms with E-state index in [-0.39, 0.29) is 29.4 Å². The van der Waals surface area contributed by atoms with E-state index in [1.165, 1.54) is 12.1 Å². The average Bonchev–Trinajstić information content (AvgIpc) is 3.15. The Hall–Kier alpha value is -0.920. The lowest BCUT2D eigenvalue weighted by molar-refractivity contribution is 0.548. The Balaban J connectivity index is 0.00000220. The van der Waals surface area contributed by atoms with Crippen LogP contribution < -0.4 is 11.1 Å². The van der Waals surface area contributed by atoms with Gasteiger partial charge in [-0.1, -0.05) is 19.9 Å². The summed E-state index contributed by atoms with van der Waals surface area (Å²) in [5.74, 6) is -0.184. The van der Waals surface area contributed by atoms with Gasteiger partial charge in [0.1, 0.15) is 11.6 Å². The van der Waals surface area contributed by atoms with Gasteiger partial charge in [-0.05, 0) is 30.4 Å². The van der Waals surface area contributed by atoms with Crippen LogP contribution in [0.1, 0.15) is 32.3 Å². The van der Waals surface area contributed by atoms with Gasteiger partial charge >= 0.3 is 0 Å². The second-order valence-corrected chi connectivity index (χ2v) is 5.88. The highest BCUT2D eigenvalue weighted by molar-refractivity contribution is 14.0. The molecule has 1 aliphatic carbocycles. The van der Waals surface area contributed by atoms with E-state index in [1.807, 2.05) is 0 Å². The van der Waals surface area contributed by atoms with E-state index in [9.17, 15) is 8.78 Å². The van der Waals surface area contributed by atoms with Crippen molar-refractivity contribution >= 4 is 29.9 Å². The van der Waals surface area contributed by atoms with Crippen LogP contribution in [0.5, 0.6) is 0 Å². The fourth-order valence-electron chi connectivity index (χ4n) is 2.18. The second kappa shape index (κ2) is 7.38. The van der Waals surface area contributed by atoms with E-state index in [2.05, 4.69) is 24.2 Å². The zero-order chi connectivity index (χ0) is 14.8. The molecule has 0 amide bonds. The van der Waals surface area contributed by atoms with Crippen LogP contribution in [-0.2, 0) is 5.41 Å². The number of nitrogens with one attached hydrogen (secondary N) is 1. The summed E-state index contributed by atoms with van der Waals surface area (Å²) in [7, 11) is 0. The van der Waals surface area contributed by atoms with Crippen molar-refractivity contribution in [2.45, 2.75) is 32.1 Å². The summed E-state index contributed by atoms with van der Waals surface area (Å²) in [6, 6.07) is 3.74. The minimum absolute atomic E-state index is 0. The maximum atomic E-state index is 13.8. The molecule has 6 heteroatoms. The van der Waals surface area contributed by atoms with Crippen LogP contribution in [0.15, 0.2) is 23.2 Å². The maximum absolute atomic E-state index is 13.8. The second-order valence-electron chi connectivity index (χ2n) is 5.88. The van der Waals surface area contributed by atoms with Crippen LogP contribution in [-0.4, -0.2) is 19.0 Å². The molecular weight excluding hydrogens is 387 g/mol. The van der Waals surface area contributed by atoms with E-state index in [0.29, 0.717) is 24.0 Å². The quantitative estimate of drug-likeness (QED) is 0.446. The summed E-state index contributed by atoms with van der Waals surface area (Å²) in [5.41, 5.74) is 6.02. The molecule has 0 unspecified atom stereocenters. The lowest BCUT2D eigenvalue weighted by Gasteiger charge is -2.15. The third kappa shape index (κ3) is 4.79. The number of nitrogens with zero attached hydrogens (tertiary/aromatic N) is 1. The summed E-state index contributed by atoms with van der Waals surface area (Å²) < 4.78 is 26.8. The minimum Gasteiger partial charge on any atom is -0.370 e. The highest BCUT2D eigenvalue weighted by atomic mass is 127. The highest BCUT2D eigenvalue weighted by Gasteiger charge is 2.46. The summed E-state index contributed by atoms with van der Waals surface area (Å²) in [5, 5.41) is 3.03. The molecule has 1 saturated carbocycles. The van der Waals surface area contributed by atoms with E-state index in [1.54, 1.807) is 0 Å². The molecule has 0 heterocycles. The van der Waals surface area contributed by atoms with Crippen molar-refractivity contribution in [3.63, 3.8) is 0 Å². The van der Waals surface area contributed by atoms with Gasteiger partial charge in [-0.15, -0.1) is 24.0 Å². The third-order valence-corrected chi connectivity index (χ3v) is 3.60. The maximum Gasteiger partial charge on any atom is 0.188 e. The van der Waals surface area contributed by atoms with E-state index >= 15 is 0 Å². The molecule has 0 saturated heterocycles. The smallest absolute Gasteiger partial charge is 0.188 e. The third-order valence-electron chi connectivity index (χ3n) is 3.60. The van der Waals surface area contributed by atoms with Gasteiger partial charge in [-0.3, -0.25) is 4.99 Å². The number of hydrogen-bond donors (Lipinski definition) is 2. The number of nitrogens with two attached hydrogens (primary N) is 1. The van der Waals surface area contributed by atoms with Crippen LogP contribution >= 0.6 is 24.0 Å². The van der Waals surface area contributed by atoms with Gasteiger partial charge in [0, 0.05) is 18.0 Å². The van der Waals surface area contributed by atoms with Crippen molar-refractivity contribution in [2.24, 2.45) is 16.6 Å². The van der Waals surface area contributed by atoms with Crippen molar-refractivity contribution < 1.29 is 8.78 Å². The zero-order valence-corrected chi connectivity index (χ0v) is 14.7. The number of aliphatic imine (C=N–C) groups is 1. The molecule has 0 spiro atoms. The standard InChI is InChI=1S/C15H21F2N3.HI/c1-10(2)8-19-14(18)20-9-15(5-6-15)12-4-3-11(16)7-13(12)17;/h3-4,7,10H,5-6,8-9H2,1-2H3,(H3,18,19,20);1H. The molecule has 0 radical (unpaired) electrons. The van der Waals surface area contributed by atoms with Crippen LogP contribution in [0, 0.1) is 17.6 Å². The number of benzene rings is 1. The van der Waals surface area contributed by atoms with Crippen molar-refractivity contribution in [2.75, 3.05) is 13.1 Å². The first-order chi connectivity index (χ1) is 9.43. The van der Waals surface area contributed by atoms with Gasteiger partial charge in [0.15, 0.2) is 5.96 Å². The summed E-state index contributed by atoms with van der Waals surface area (Å²) >= 11 is 0. The first kappa shape index (κ1) is 18.1. The molecule has 1 aromatic carbocycles. The lowest BCUT2D eigenvalue weighted by atomic mass is 9.95. The molecule has 0 atom stereocenters. The Morgan fingerprint density at radius 3 is 2.57 bits per heavy atom. The Kier molecular flexibility index (Phi) is 6.37. The van der Waals surface area contributed by atoms with Gasteiger partial charge in [0.2, 0.25) is 0 Å². The number of halogens is 3. The Bertz CT molecular complexity index is 514. The normalized spacial score (nSPS) is 16.5. The summed E-state index contributed by atoms with van der Waals surface area (Å²) in [6.07, 6.45) is 1.72. The lowest BCUT2D eigenvalue weighted by Crippen LogP contribution is -2.35. The first-order valence-electron chi connectivity index (χ1n) is 6.92. The molecular formula is C15H22F2IN3. The fourth-order valence-corrected chi connectivity index (χ4v) is 2.18. The minimum atomic E-state index is -0.552. The number of hydrogen-bond acceptors (Lipinski definition) is 1. The largest absolute Gasteiger partial charge is 0.370 e. The summed E-state index contributed by atoms with van der Waals surface area (Å²) in [6.45, 7) is 5.35. The SMILES string of the molecule is CC(C)CNC(N)=NCC1(c2ccc(F)cc2F)CC1.I. The molecule has 1 aromatic rings. The molecule has 0 aliphatic heterocycles. The number of rotatable bonds is 5. The van der Waals surface area contributed by atoms with Crippen molar-refractivity contribution in [1.82, 2.24) is 5.32 Å². The molecule has 118 valence electrons. The van der Waals surface area contributed by atoms with Crippen molar-refractivity contribution in [3.8, 4) is 0 Å². The van der Waals surface area contributed by atoms with Crippen molar-refractivity contribution in [1.29, 1.82) is 0 Å². The van der Waals surface area contributed by atoms with Crippen LogP contribution in [0.4, 0.5) is 8.78 Å². The predicted octanol–water partition coefficient (Wildman–Crippen LogP) is 3.17. The average molecular weight is 409 g/mol. The van der Waals surface area contributed by atoms with Crippen LogP contribution in [0.3, 0.4) is 0 Å². The van der Waals surface area contributed by atoms with Gasteiger partial charge in [0.25, 0.3) is 0 Å². The van der Waals surface area contributed by atoms with E-state index < -0.39 is 11.6 Å². The molecule has 1 fully saturated rings. The molecule has 1 aliphatic rings. The summed E-state index contributed by atoms with van der Waals surface area (Å²) in [4.78, 5) is 4.29. The Morgan fingerprint density at radius 2 is 2.05 bits per heavy atom. The molecule has 3 nitrogen and oxygen atoms in total.